The molecule has 0 N–H and O–H groups in total. The maximum atomic E-state index is 11.6. The van der Waals surface area contributed by atoms with Crippen LogP contribution in [0.25, 0.3) is 0 Å². The number of hydrogen-bond acceptors (Lipinski definition) is 4. The summed E-state index contributed by atoms with van der Waals surface area (Å²) in [6, 6.07) is 0. The standard InChI is InChI=1S/C12H20N2O2/c1-13(2)8-10-11(9-16-12(10)15)14-6-4-3-5-7-14/h3-9H2,1-2H3. The van der Waals surface area contributed by atoms with Crippen LogP contribution in [0.5, 0.6) is 0 Å². The first kappa shape index (κ1) is 11.5. The summed E-state index contributed by atoms with van der Waals surface area (Å²) >= 11 is 0. The lowest BCUT2D eigenvalue weighted by atomic mass is 10.1. The Morgan fingerprint density at radius 2 is 1.94 bits per heavy atom. The van der Waals surface area contributed by atoms with Crippen molar-refractivity contribution >= 4 is 5.97 Å². The molecule has 0 spiro atoms. The minimum absolute atomic E-state index is 0.130. The zero-order chi connectivity index (χ0) is 11.5. The molecular formula is C12H20N2O2. The monoisotopic (exact) mass is 224 g/mol. The predicted octanol–water partition coefficient (Wildman–Crippen LogP) is 0.845. The minimum Gasteiger partial charge on any atom is -0.456 e. The molecular weight excluding hydrogens is 204 g/mol. The van der Waals surface area contributed by atoms with Crippen LogP contribution in [0.2, 0.25) is 0 Å². The van der Waals surface area contributed by atoms with Crippen molar-refractivity contribution in [3.05, 3.63) is 11.3 Å². The van der Waals surface area contributed by atoms with E-state index < -0.39 is 0 Å². The smallest absolute Gasteiger partial charge is 0.337 e. The second-order valence-corrected chi connectivity index (χ2v) is 4.79. The van der Waals surface area contributed by atoms with Crippen LogP contribution >= 0.6 is 0 Å². The first-order valence-electron chi connectivity index (χ1n) is 5.97. The van der Waals surface area contributed by atoms with Crippen molar-refractivity contribution in [2.24, 2.45) is 0 Å². The molecule has 0 bridgehead atoms. The van der Waals surface area contributed by atoms with Crippen molar-refractivity contribution in [2.45, 2.75) is 19.3 Å². The number of hydrogen-bond donors (Lipinski definition) is 0. The molecule has 0 aromatic heterocycles. The summed E-state index contributed by atoms with van der Waals surface area (Å²) in [5, 5.41) is 0. The van der Waals surface area contributed by atoms with Crippen LogP contribution in [-0.4, -0.2) is 56.1 Å². The van der Waals surface area contributed by atoms with Crippen molar-refractivity contribution in [1.82, 2.24) is 9.80 Å². The molecule has 2 aliphatic heterocycles. The van der Waals surface area contributed by atoms with Gasteiger partial charge in [-0.15, -0.1) is 0 Å². The van der Waals surface area contributed by atoms with E-state index in [0.29, 0.717) is 13.2 Å². The van der Waals surface area contributed by atoms with Gasteiger partial charge in [-0.3, -0.25) is 0 Å². The van der Waals surface area contributed by atoms with Crippen molar-refractivity contribution in [3.63, 3.8) is 0 Å². The number of likely N-dealkylation sites (tertiary alicyclic amines) is 1. The normalized spacial score (nSPS) is 21.9. The van der Waals surface area contributed by atoms with Crippen molar-refractivity contribution < 1.29 is 9.53 Å². The molecule has 4 nitrogen and oxygen atoms in total. The Morgan fingerprint density at radius 1 is 1.25 bits per heavy atom. The fraction of sp³-hybridized carbons (Fsp3) is 0.750. The number of likely N-dealkylation sites (N-methyl/N-ethyl adjacent to an activating group) is 1. The zero-order valence-corrected chi connectivity index (χ0v) is 10.2. The quantitative estimate of drug-likeness (QED) is 0.665. The number of nitrogens with zero attached hydrogens (tertiary/aromatic N) is 2. The Balaban J connectivity index is 2.14. The van der Waals surface area contributed by atoms with Crippen LogP contribution in [0, 0.1) is 0 Å². The molecule has 2 heterocycles. The summed E-state index contributed by atoms with van der Waals surface area (Å²) in [6.07, 6.45) is 3.77. The highest BCUT2D eigenvalue weighted by Gasteiger charge is 2.29. The highest BCUT2D eigenvalue weighted by atomic mass is 16.5. The minimum atomic E-state index is -0.130. The average Bonchev–Trinajstić information content (AvgIpc) is 2.61. The van der Waals surface area contributed by atoms with Gasteiger partial charge in [0.25, 0.3) is 0 Å². The van der Waals surface area contributed by atoms with E-state index in [4.69, 9.17) is 4.74 Å². The van der Waals surface area contributed by atoms with Crippen LogP contribution in [0.4, 0.5) is 0 Å². The molecule has 0 unspecified atom stereocenters. The first-order valence-corrected chi connectivity index (χ1v) is 5.97. The fourth-order valence-electron chi connectivity index (χ4n) is 2.34. The van der Waals surface area contributed by atoms with Crippen LogP contribution < -0.4 is 0 Å². The Morgan fingerprint density at radius 3 is 2.56 bits per heavy atom. The topological polar surface area (TPSA) is 32.8 Å². The van der Waals surface area contributed by atoms with E-state index in [1.54, 1.807) is 0 Å². The Kier molecular flexibility index (Phi) is 3.49. The number of rotatable bonds is 3. The molecule has 0 aromatic carbocycles. The number of ether oxygens (including phenoxy) is 1. The summed E-state index contributed by atoms with van der Waals surface area (Å²) in [4.78, 5) is 16.0. The third-order valence-electron chi connectivity index (χ3n) is 3.15. The Hall–Kier alpha value is -1.03. The molecule has 0 amide bonds. The maximum Gasteiger partial charge on any atom is 0.337 e. The highest BCUT2D eigenvalue weighted by Crippen LogP contribution is 2.23. The first-order chi connectivity index (χ1) is 7.68. The second-order valence-electron chi connectivity index (χ2n) is 4.79. The molecule has 0 aliphatic carbocycles. The number of esters is 1. The summed E-state index contributed by atoms with van der Waals surface area (Å²) in [7, 11) is 3.96. The fourth-order valence-corrected chi connectivity index (χ4v) is 2.34. The van der Waals surface area contributed by atoms with Gasteiger partial charge in [0.15, 0.2) is 0 Å². The lowest BCUT2D eigenvalue weighted by Gasteiger charge is -2.29. The van der Waals surface area contributed by atoms with Gasteiger partial charge in [-0.05, 0) is 33.4 Å². The third kappa shape index (κ3) is 2.38. The van der Waals surface area contributed by atoms with Crippen LogP contribution in [0.15, 0.2) is 11.3 Å². The van der Waals surface area contributed by atoms with E-state index in [-0.39, 0.29) is 5.97 Å². The van der Waals surface area contributed by atoms with E-state index in [2.05, 4.69) is 4.90 Å². The molecule has 90 valence electrons. The van der Waals surface area contributed by atoms with Crippen LogP contribution in [0.1, 0.15) is 19.3 Å². The second kappa shape index (κ2) is 4.87. The molecule has 0 radical (unpaired) electrons. The Labute approximate surface area is 96.8 Å². The van der Waals surface area contributed by atoms with E-state index in [1.807, 2.05) is 19.0 Å². The van der Waals surface area contributed by atoms with Gasteiger partial charge in [-0.1, -0.05) is 0 Å². The van der Waals surface area contributed by atoms with Crippen molar-refractivity contribution in [3.8, 4) is 0 Å². The van der Waals surface area contributed by atoms with Gasteiger partial charge in [0, 0.05) is 19.6 Å². The van der Waals surface area contributed by atoms with E-state index in [0.717, 1.165) is 24.4 Å². The lowest BCUT2D eigenvalue weighted by molar-refractivity contribution is -0.136. The molecule has 1 fully saturated rings. The van der Waals surface area contributed by atoms with Gasteiger partial charge < -0.3 is 14.5 Å². The van der Waals surface area contributed by atoms with E-state index >= 15 is 0 Å². The van der Waals surface area contributed by atoms with Gasteiger partial charge in [0.2, 0.25) is 0 Å². The van der Waals surface area contributed by atoms with Crippen LogP contribution in [-0.2, 0) is 9.53 Å². The largest absolute Gasteiger partial charge is 0.456 e. The molecule has 0 atom stereocenters. The van der Waals surface area contributed by atoms with Crippen LogP contribution in [0.3, 0.4) is 0 Å². The lowest BCUT2D eigenvalue weighted by Crippen LogP contribution is -2.31. The molecule has 16 heavy (non-hydrogen) atoms. The Bertz CT molecular complexity index is 304. The number of carbonyl (C=O) groups is 1. The molecule has 0 saturated carbocycles. The number of cyclic esters (lactones) is 1. The van der Waals surface area contributed by atoms with Crippen molar-refractivity contribution in [2.75, 3.05) is 40.3 Å². The van der Waals surface area contributed by atoms with Gasteiger partial charge in [-0.2, -0.15) is 0 Å². The summed E-state index contributed by atoms with van der Waals surface area (Å²) in [6.45, 7) is 3.30. The zero-order valence-electron chi connectivity index (χ0n) is 10.2. The van der Waals surface area contributed by atoms with E-state index in [9.17, 15) is 4.79 Å². The molecule has 0 aromatic rings. The van der Waals surface area contributed by atoms with Gasteiger partial charge in [0.05, 0.1) is 11.3 Å². The van der Waals surface area contributed by atoms with Gasteiger partial charge in [-0.25, -0.2) is 4.79 Å². The highest BCUT2D eigenvalue weighted by molar-refractivity contribution is 5.92. The SMILES string of the molecule is CN(C)CC1=C(N2CCCCC2)COC1=O. The average molecular weight is 224 g/mol. The molecule has 2 aliphatic rings. The molecule has 2 rings (SSSR count). The van der Waals surface area contributed by atoms with Gasteiger partial charge >= 0.3 is 5.97 Å². The molecule has 1 saturated heterocycles. The van der Waals surface area contributed by atoms with Gasteiger partial charge in [0.1, 0.15) is 6.61 Å². The third-order valence-corrected chi connectivity index (χ3v) is 3.15. The summed E-state index contributed by atoms with van der Waals surface area (Å²) in [5.41, 5.74) is 1.98. The van der Waals surface area contributed by atoms with Crippen molar-refractivity contribution in [1.29, 1.82) is 0 Å². The summed E-state index contributed by atoms with van der Waals surface area (Å²) < 4.78 is 5.15. The number of piperidine rings is 1. The number of carbonyl (C=O) groups excluding carboxylic acids is 1. The molecule has 4 heteroatoms. The summed E-state index contributed by atoms with van der Waals surface area (Å²) in [5.74, 6) is -0.130. The van der Waals surface area contributed by atoms with E-state index in [1.165, 1.54) is 19.3 Å². The predicted molar refractivity (Wildman–Crippen MR) is 62.0 cm³/mol. The maximum absolute atomic E-state index is 11.6.